The van der Waals surface area contributed by atoms with E-state index >= 15 is 0 Å². The minimum atomic E-state index is -0.438. The van der Waals surface area contributed by atoms with Gasteiger partial charge < -0.3 is 15.1 Å². The minimum absolute atomic E-state index is 0.132. The molecule has 1 aromatic carbocycles. The molecule has 5 nitrogen and oxygen atoms in total. The first-order valence-electron chi connectivity index (χ1n) is 6.30. The van der Waals surface area contributed by atoms with Gasteiger partial charge in [-0.2, -0.15) is 0 Å². The molecule has 0 radical (unpaired) electrons. The summed E-state index contributed by atoms with van der Waals surface area (Å²) in [7, 11) is 0. The number of aromatic nitrogens is 2. The second-order valence-electron chi connectivity index (χ2n) is 4.77. The molecule has 0 unspecified atom stereocenters. The van der Waals surface area contributed by atoms with Gasteiger partial charge in [0.2, 0.25) is 5.89 Å². The summed E-state index contributed by atoms with van der Waals surface area (Å²) in [6, 6.07) is 4.33. The highest BCUT2D eigenvalue weighted by molar-refractivity contribution is 6.30. The normalized spacial score (nSPS) is 11.1. The molecule has 0 spiro atoms. The molecule has 0 atom stereocenters. The number of hydrogen-bond acceptors (Lipinski definition) is 5. The molecule has 2 rings (SSSR count). The van der Waals surface area contributed by atoms with Crippen LogP contribution in [-0.4, -0.2) is 16.7 Å². The van der Waals surface area contributed by atoms with Crippen molar-refractivity contribution in [2.45, 2.75) is 20.4 Å². The molecule has 1 heterocycles. The number of nitrogens with one attached hydrogen (secondary N) is 2. The van der Waals surface area contributed by atoms with Crippen molar-refractivity contribution in [1.82, 2.24) is 15.5 Å². The van der Waals surface area contributed by atoms with Crippen molar-refractivity contribution in [2.24, 2.45) is 5.92 Å². The molecule has 0 aliphatic rings. The molecule has 2 N–H and O–H groups in total. The van der Waals surface area contributed by atoms with Crippen molar-refractivity contribution in [3.63, 3.8) is 0 Å². The van der Waals surface area contributed by atoms with E-state index < -0.39 is 5.82 Å². The topological polar surface area (TPSA) is 63.0 Å². The monoisotopic (exact) mass is 298 g/mol. The van der Waals surface area contributed by atoms with Crippen LogP contribution in [0.4, 0.5) is 16.1 Å². The lowest BCUT2D eigenvalue weighted by atomic mass is 10.2. The van der Waals surface area contributed by atoms with Gasteiger partial charge in [-0.05, 0) is 30.7 Å². The summed E-state index contributed by atoms with van der Waals surface area (Å²) in [4.78, 5) is 0. The largest absolute Gasteiger partial charge is 0.406 e. The van der Waals surface area contributed by atoms with Gasteiger partial charge >= 0.3 is 6.01 Å². The van der Waals surface area contributed by atoms with Gasteiger partial charge in [-0.25, -0.2) is 4.39 Å². The SMILES string of the molecule is CC(C)CNCc1nnc(Nc2cc(Cl)ccc2F)o1. The molecule has 108 valence electrons. The van der Waals surface area contributed by atoms with Crippen LogP contribution in [0.1, 0.15) is 19.7 Å². The second kappa shape index (κ2) is 6.67. The standard InChI is InChI=1S/C13H16ClFN4O/c1-8(2)6-16-7-12-18-19-13(20-12)17-11-5-9(14)3-4-10(11)15/h3-5,8,16H,6-7H2,1-2H3,(H,17,19). The molecule has 0 saturated carbocycles. The van der Waals surface area contributed by atoms with Gasteiger partial charge in [0.05, 0.1) is 12.2 Å². The minimum Gasteiger partial charge on any atom is -0.406 e. The first-order valence-corrected chi connectivity index (χ1v) is 6.67. The van der Waals surface area contributed by atoms with E-state index in [9.17, 15) is 4.39 Å². The van der Waals surface area contributed by atoms with Crippen LogP contribution in [0, 0.1) is 11.7 Å². The van der Waals surface area contributed by atoms with Crippen molar-refractivity contribution in [3.8, 4) is 0 Å². The summed E-state index contributed by atoms with van der Waals surface area (Å²) in [5.41, 5.74) is 0.197. The zero-order valence-corrected chi connectivity index (χ0v) is 12.0. The third-order valence-corrected chi connectivity index (χ3v) is 2.70. The van der Waals surface area contributed by atoms with E-state index in [1.54, 1.807) is 0 Å². The smallest absolute Gasteiger partial charge is 0.320 e. The van der Waals surface area contributed by atoms with E-state index in [4.69, 9.17) is 16.0 Å². The Hall–Kier alpha value is -1.66. The quantitative estimate of drug-likeness (QED) is 0.856. The van der Waals surface area contributed by atoms with Crippen LogP contribution < -0.4 is 10.6 Å². The van der Waals surface area contributed by atoms with Crippen molar-refractivity contribution >= 4 is 23.3 Å². The molecule has 0 amide bonds. The molecule has 0 aliphatic heterocycles. The maximum absolute atomic E-state index is 13.5. The Bertz CT molecular complexity index is 573. The molecule has 1 aromatic heterocycles. The van der Waals surface area contributed by atoms with Crippen LogP contribution in [0.15, 0.2) is 22.6 Å². The molecule has 0 fully saturated rings. The van der Waals surface area contributed by atoms with Crippen LogP contribution in [0.5, 0.6) is 0 Å². The van der Waals surface area contributed by atoms with Crippen LogP contribution in [0.25, 0.3) is 0 Å². The third-order valence-electron chi connectivity index (χ3n) is 2.47. The number of hydrogen-bond donors (Lipinski definition) is 2. The van der Waals surface area contributed by atoms with E-state index in [2.05, 4.69) is 34.7 Å². The maximum Gasteiger partial charge on any atom is 0.320 e. The fourth-order valence-electron chi connectivity index (χ4n) is 1.55. The Balaban J connectivity index is 1.97. The highest BCUT2D eigenvalue weighted by Gasteiger charge is 2.09. The van der Waals surface area contributed by atoms with E-state index in [1.807, 2.05) is 0 Å². The summed E-state index contributed by atoms with van der Waals surface area (Å²) in [5, 5.41) is 14.0. The van der Waals surface area contributed by atoms with Gasteiger partial charge in [0.25, 0.3) is 0 Å². The summed E-state index contributed by atoms with van der Waals surface area (Å²) >= 11 is 5.80. The zero-order chi connectivity index (χ0) is 14.5. The number of rotatable bonds is 6. The lowest BCUT2D eigenvalue weighted by Gasteiger charge is -2.04. The van der Waals surface area contributed by atoms with Crippen molar-refractivity contribution < 1.29 is 8.81 Å². The average molecular weight is 299 g/mol. The molecule has 2 aromatic rings. The Labute approximate surface area is 121 Å². The molecule has 0 aliphatic carbocycles. The van der Waals surface area contributed by atoms with Gasteiger partial charge in [0.15, 0.2) is 0 Å². The predicted octanol–water partition coefficient (Wildman–Crippen LogP) is 3.35. The Kier molecular flexibility index (Phi) is 4.92. The summed E-state index contributed by atoms with van der Waals surface area (Å²) in [6.45, 7) is 5.55. The predicted molar refractivity (Wildman–Crippen MR) is 75.5 cm³/mol. The number of halogens is 2. The van der Waals surface area contributed by atoms with E-state index in [1.165, 1.54) is 18.2 Å². The first kappa shape index (κ1) is 14.7. The third kappa shape index (κ3) is 4.18. The number of anilines is 2. The van der Waals surface area contributed by atoms with Crippen LogP contribution in [0.2, 0.25) is 5.02 Å². The Morgan fingerprint density at radius 3 is 2.90 bits per heavy atom. The number of nitrogens with zero attached hydrogens (tertiary/aromatic N) is 2. The summed E-state index contributed by atoms with van der Waals surface area (Å²) in [6.07, 6.45) is 0. The van der Waals surface area contributed by atoms with Gasteiger partial charge in [-0.15, -0.1) is 5.10 Å². The van der Waals surface area contributed by atoms with Crippen molar-refractivity contribution in [3.05, 3.63) is 34.9 Å². The van der Waals surface area contributed by atoms with Crippen molar-refractivity contribution in [1.29, 1.82) is 0 Å². The summed E-state index contributed by atoms with van der Waals surface area (Å²) in [5.74, 6) is 0.541. The molecular weight excluding hydrogens is 283 g/mol. The van der Waals surface area contributed by atoms with Gasteiger partial charge in [0, 0.05) is 5.02 Å². The molecule has 0 bridgehead atoms. The van der Waals surface area contributed by atoms with Gasteiger partial charge in [-0.3, -0.25) is 0 Å². The van der Waals surface area contributed by atoms with E-state index in [-0.39, 0.29) is 11.7 Å². The van der Waals surface area contributed by atoms with Gasteiger partial charge in [-0.1, -0.05) is 30.5 Å². The maximum atomic E-state index is 13.5. The summed E-state index contributed by atoms with van der Waals surface area (Å²) < 4.78 is 18.9. The Morgan fingerprint density at radius 2 is 2.15 bits per heavy atom. The fourth-order valence-corrected chi connectivity index (χ4v) is 1.72. The lowest BCUT2D eigenvalue weighted by Crippen LogP contribution is -2.19. The van der Waals surface area contributed by atoms with E-state index in [0.29, 0.717) is 23.4 Å². The van der Waals surface area contributed by atoms with E-state index in [0.717, 1.165) is 6.54 Å². The van der Waals surface area contributed by atoms with Gasteiger partial charge in [0.1, 0.15) is 5.82 Å². The molecule has 0 saturated heterocycles. The molecule has 20 heavy (non-hydrogen) atoms. The van der Waals surface area contributed by atoms with Crippen LogP contribution in [-0.2, 0) is 6.54 Å². The highest BCUT2D eigenvalue weighted by Crippen LogP contribution is 2.22. The van der Waals surface area contributed by atoms with Crippen molar-refractivity contribution in [2.75, 3.05) is 11.9 Å². The number of benzene rings is 1. The highest BCUT2D eigenvalue weighted by atomic mass is 35.5. The van der Waals surface area contributed by atoms with Crippen LogP contribution >= 0.6 is 11.6 Å². The lowest BCUT2D eigenvalue weighted by molar-refractivity contribution is 0.460. The Morgan fingerprint density at radius 1 is 1.35 bits per heavy atom. The molecule has 7 heteroatoms. The zero-order valence-electron chi connectivity index (χ0n) is 11.3. The van der Waals surface area contributed by atoms with Crippen LogP contribution in [0.3, 0.4) is 0 Å². The average Bonchev–Trinajstić information content (AvgIpc) is 2.81. The molecular formula is C13H16ClFN4O. The second-order valence-corrected chi connectivity index (χ2v) is 5.21. The fraction of sp³-hybridized carbons (Fsp3) is 0.385. The first-order chi connectivity index (χ1) is 9.54.